The Morgan fingerprint density at radius 2 is 2.29 bits per heavy atom. The molecule has 0 amide bonds. The minimum absolute atomic E-state index is 0.201. The Bertz CT molecular complexity index is 454. The van der Waals surface area contributed by atoms with Crippen molar-refractivity contribution in [2.75, 3.05) is 12.4 Å². The topological polar surface area (TPSA) is 62.1 Å². The van der Waals surface area contributed by atoms with E-state index in [1.165, 1.54) is 19.2 Å². The summed E-state index contributed by atoms with van der Waals surface area (Å²) in [4.78, 5) is 11.3. The number of halogens is 1. The van der Waals surface area contributed by atoms with E-state index in [-0.39, 0.29) is 5.56 Å². The molecule has 0 aromatic heterocycles. The normalized spacial score (nSPS) is 11.4. The first-order valence-corrected chi connectivity index (χ1v) is 5.15. The van der Waals surface area contributed by atoms with Crippen LogP contribution in [0.3, 0.4) is 0 Å². The second-order valence-corrected chi connectivity index (χ2v) is 3.47. The van der Waals surface area contributed by atoms with Crippen LogP contribution in [-0.4, -0.2) is 19.1 Å². The number of rotatable bonds is 4. The van der Waals surface area contributed by atoms with Crippen molar-refractivity contribution in [3.05, 3.63) is 29.6 Å². The summed E-state index contributed by atoms with van der Waals surface area (Å²) in [6, 6.07) is 5.14. The molecule has 1 aromatic carbocycles. The molecule has 1 atom stereocenters. The van der Waals surface area contributed by atoms with Gasteiger partial charge in [0.2, 0.25) is 0 Å². The number of esters is 1. The van der Waals surface area contributed by atoms with Gasteiger partial charge in [0.05, 0.1) is 18.7 Å². The number of carbonyl (C=O) groups excluding carboxylic acids is 1. The average molecular weight is 236 g/mol. The number of anilines is 1. The van der Waals surface area contributed by atoms with Gasteiger partial charge in [0.25, 0.3) is 0 Å². The fraction of sp³-hybridized carbons (Fsp3) is 0.333. The van der Waals surface area contributed by atoms with Crippen LogP contribution in [-0.2, 0) is 9.53 Å². The molecule has 0 fully saturated rings. The van der Waals surface area contributed by atoms with Gasteiger partial charge in [-0.2, -0.15) is 5.26 Å². The quantitative estimate of drug-likeness (QED) is 0.813. The third-order valence-corrected chi connectivity index (χ3v) is 2.26. The molecule has 1 aromatic rings. The van der Waals surface area contributed by atoms with Gasteiger partial charge in [0.15, 0.2) is 0 Å². The summed E-state index contributed by atoms with van der Waals surface area (Å²) in [5, 5.41) is 11.5. The maximum atomic E-state index is 13.1. The molecule has 0 saturated heterocycles. The van der Waals surface area contributed by atoms with E-state index in [2.05, 4.69) is 10.1 Å². The van der Waals surface area contributed by atoms with E-state index < -0.39 is 17.8 Å². The van der Waals surface area contributed by atoms with Crippen LogP contribution in [0.15, 0.2) is 18.2 Å². The Morgan fingerprint density at radius 3 is 2.82 bits per heavy atom. The lowest BCUT2D eigenvalue weighted by molar-refractivity contribution is -0.141. The van der Waals surface area contributed by atoms with E-state index >= 15 is 0 Å². The van der Waals surface area contributed by atoms with Crippen molar-refractivity contribution in [1.82, 2.24) is 0 Å². The van der Waals surface area contributed by atoms with E-state index in [0.717, 1.165) is 6.07 Å². The lowest BCUT2D eigenvalue weighted by atomic mass is 10.1. The van der Waals surface area contributed by atoms with Crippen molar-refractivity contribution >= 4 is 11.7 Å². The van der Waals surface area contributed by atoms with E-state index in [1.807, 2.05) is 6.07 Å². The molecule has 0 aliphatic carbocycles. The summed E-state index contributed by atoms with van der Waals surface area (Å²) in [7, 11) is 1.29. The van der Waals surface area contributed by atoms with Crippen LogP contribution in [0.2, 0.25) is 0 Å². The number of benzene rings is 1. The predicted molar refractivity (Wildman–Crippen MR) is 60.8 cm³/mol. The highest BCUT2D eigenvalue weighted by Crippen LogP contribution is 2.15. The average Bonchev–Trinajstić information content (AvgIpc) is 2.34. The van der Waals surface area contributed by atoms with E-state index in [0.29, 0.717) is 12.1 Å². The Labute approximate surface area is 99.0 Å². The molecule has 0 bridgehead atoms. The first-order chi connectivity index (χ1) is 8.10. The summed E-state index contributed by atoms with van der Waals surface area (Å²) >= 11 is 0. The van der Waals surface area contributed by atoms with E-state index in [4.69, 9.17) is 5.26 Å². The Balaban J connectivity index is 2.90. The number of nitrogens with zero attached hydrogens (tertiary/aromatic N) is 1. The second kappa shape index (κ2) is 5.85. The van der Waals surface area contributed by atoms with Crippen LogP contribution in [0, 0.1) is 17.1 Å². The molecule has 90 valence electrons. The Kier molecular flexibility index (Phi) is 4.46. The molecule has 0 heterocycles. The van der Waals surface area contributed by atoms with Gasteiger partial charge in [0.1, 0.15) is 11.9 Å². The van der Waals surface area contributed by atoms with Crippen LogP contribution in [0.1, 0.15) is 18.9 Å². The Morgan fingerprint density at radius 1 is 1.59 bits per heavy atom. The van der Waals surface area contributed by atoms with E-state index in [1.54, 1.807) is 6.92 Å². The molecule has 0 radical (unpaired) electrons. The molecule has 1 unspecified atom stereocenters. The van der Waals surface area contributed by atoms with Gasteiger partial charge in [-0.1, -0.05) is 6.92 Å². The summed E-state index contributed by atoms with van der Waals surface area (Å²) in [6.07, 6.45) is 0.505. The molecular weight excluding hydrogens is 223 g/mol. The molecule has 0 spiro atoms. The summed E-state index contributed by atoms with van der Waals surface area (Å²) in [5.74, 6) is -0.943. The van der Waals surface area contributed by atoms with Crippen molar-refractivity contribution in [3.63, 3.8) is 0 Å². The Hall–Kier alpha value is -2.09. The fourth-order valence-electron chi connectivity index (χ4n) is 1.41. The third kappa shape index (κ3) is 3.45. The fourth-order valence-corrected chi connectivity index (χ4v) is 1.41. The van der Waals surface area contributed by atoms with E-state index in [9.17, 15) is 9.18 Å². The second-order valence-electron chi connectivity index (χ2n) is 3.47. The molecule has 0 saturated carbocycles. The summed E-state index contributed by atoms with van der Waals surface area (Å²) in [6.45, 7) is 1.80. The van der Waals surface area contributed by atoms with Crippen LogP contribution >= 0.6 is 0 Å². The minimum atomic E-state index is -0.548. The van der Waals surface area contributed by atoms with Crippen molar-refractivity contribution in [2.24, 2.45) is 0 Å². The van der Waals surface area contributed by atoms with Gasteiger partial charge < -0.3 is 10.1 Å². The summed E-state index contributed by atoms with van der Waals surface area (Å²) < 4.78 is 17.7. The summed E-state index contributed by atoms with van der Waals surface area (Å²) in [5.41, 5.74) is 0.589. The highest BCUT2D eigenvalue weighted by Gasteiger charge is 2.16. The standard InChI is InChI=1S/C12H13FN2O2/c1-3-11(12(16)17-2)15-10-5-8(7-14)4-9(13)6-10/h4-6,11,15H,3H2,1-2H3. The smallest absolute Gasteiger partial charge is 0.328 e. The van der Waals surface area contributed by atoms with Crippen molar-refractivity contribution in [3.8, 4) is 6.07 Å². The van der Waals surface area contributed by atoms with Gasteiger partial charge in [-0.3, -0.25) is 0 Å². The van der Waals surface area contributed by atoms with Crippen LogP contribution < -0.4 is 5.32 Å². The number of ether oxygens (including phenoxy) is 1. The lowest BCUT2D eigenvalue weighted by Gasteiger charge is -2.15. The predicted octanol–water partition coefficient (Wildman–Crippen LogP) is 2.06. The molecular formula is C12H13FN2O2. The lowest BCUT2D eigenvalue weighted by Crippen LogP contribution is -2.29. The van der Waals surface area contributed by atoms with Crippen LogP contribution in [0.5, 0.6) is 0 Å². The minimum Gasteiger partial charge on any atom is -0.467 e. The van der Waals surface area contributed by atoms with Gasteiger partial charge in [-0.05, 0) is 24.6 Å². The number of methoxy groups -OCH3 is 1. The number of hydrogen-bond donors (Lipinski definition) is 1. The molecule has 1 rings (SSSR count). The van der Waals surface area contributed by atoms with Crippen molar-refractivity contribution in [2.45, 2.75) is 19.4 Å². The molecule has 0 aliphatic rings. The zero-order valence-corrected chi connectivity index (χ0v) is 9.66. The number of nitriles is 1. The molecule has 17 heavy (non-hydrogen) atoms. The van der Waals surface area contributed by atoms with Gasteiger partial charge in [0, 0.05) is 5.69 Å². The monoisotopic (exact) mass is 236 g/mol. The largest absolute Gasteiger partial charge is 0.467 e. The van der Waals surface area contributed by atoms with Gasteiger partial charge >= 0.3 is 5.97 Å². The van der Waals surface area contributed by atoms with Crippen molar-refractivity contribution < 1.29 is 13.9 Å². The number of hydrogen-bond acceptors (Lipinski definition) is 4. The first-order valence-electron chi connectivity index (χ1n) is 5.15. The number of carbonyl (C=O) groups is 1. The third-order valence-electron chi connectivity index (χ3n) is 2.26. The van der Waals surface area contributed by atoms with Gasteiger partial charge in [-0.15, -0.1) is 0 Å². The molecule has 4 nitrogen and oxygen atoms in total. The zero-order valence-electron chi connectivity index (χ0n) is 9.66. The highest BCUT2D eigenvalue weighted by molar-refractivity contribution is 5.79. The maximum Gasteiger partial charge on any atom is 0.328 e. The molecule has 0 aliphatic heterocycles. The van der Waals surface area contributed by atoms with Crippen LogP contribution in [0.25, 0.3) is 0 Å². The van der Waals surface area contributed by atoms with Crippen molar-refractivity contribution in [1.29, 1.82) is 5.26 Å². The van der Waals surface area contributed by atoms with Gasteiger partial charge in [-0.25, -0.2) is 9.18 Å². The molecule has 5 heteroatoms. The number of nitrogens with one attached hydrogen (secondary N) is 1. The zero-order chi connectivity index (χ0) is 12.8. The first kappa shape index (κ1) is 13.0. The highest BCUT2D eigenvalue weighted by atomic mass is 19.1. The SMILES string of the molecule is CCC(Nc1cc(F)cc(C#N)c1)C(=O)OC. The molecule has 1 N–H and O–H groups in total. The van der Waals surface area contributed by atoms with Crippen LogP contribution in [0.4, 0.5) is 10.1 Å². The maximum absolute atomic E-state index is 13.1.